The third-order valence-electron chi connectivity index (χ3n) is 6.38. The Bertz CT molecular complexity index is 1390. The molecule has 0 unspecified atom stereocenters. The van der Waals surface area contributed by atoms with Crippen molar-refractivity contribution in [1.82, 2.24) is 5.32 Å². The Balaban J connectivity index is 1.77. The number of nitrogens with one attached hydrogen (secondary N) is 1. The van der Waals surface area contributed by atoms with E-state index in [-0.39, 0.29) is 17.4 Å². The van der Waals surface area contributed by atoms with Gasteiger partial charge in [0.2, 0.25) is 0 Å². The predicted molar refractivity (Wildman–Crippen MR) is 142 cm³/mol. The highest BCUT2D eigenvalue weighted by atomic mass is 32.2. The van der Waals surface area contributed by atoms with Crippen LogP contribution in [-0.4, -0.2) is 35.1 Å². The second kappa shape index (κ2) is 10.5. The minimum Gasteiger partial charge on any atom is -0.493 e. The highest BCUT2D eigenvalue weighted by Crippen LogP contribution is 2.45. The Morgan fingerprint density at radius 2 is 1.53 bits per heavy atom. The van der Waals surface area contributed by atoms with E-state index in [0.717, 1.165) is 11.1 Å². The summed E-state index contributed by atoms with van der Waals surface area (Å²) in [4.78, 5) is 13.1. The first kappa shape index (κ1) is 25.3. The number of carbonyl (C=O) groups is 1. The summed E-state index contributed by atoms with van der Waals surface area (Å²) in [6, 6.07) is 22.4. The lowest BCUT2D eigenvalue weighted by Crippen LogP contribution is -2.41. The molecular formula is C28H30N2O5S. The molecule has 7 nitrogen and oxygen atoms in total. The average Bonchev–Trinajstić information content (AvgIpc) is 2.89. The van der Waals surface area contributed by atoms with E-state index in [4.69, 9.17) is 9.47 Å². The number of rotatable bonds is 8. The van der Waals surface area contributed by atoms with Crippen molar-refractivity contribution < 1.29 is 22.7 Å². The summed E-state index contributed by atoms with van der Waals surface area (Å²) in [5, 5.41) is 2.84. The molecule has 0 radical (unpaired) electrons. The molecule has 0 fully saturated rings. The first-order chi connectivity index (χ1) is 17.3. The summed E-state index contributed by atoms with van der Waals surface area (Å²) in [5.41, 5.74) is 3.24. The highest BCUT2D eigenvalue weighted by Gasteiger charge is 2.40. The molecule has 36 heavy (non-hydrogen) atoms. The fraction of sp³-hybridized carbons (Fsp3) is 0.250. The summed E-state index contributed by atoms with van der Waals surface area (Å²) in [6.07, 6.45) is 0. The van der Waals surface area contributed by atoms with Crippen molar-refractivity contribution in [1.29, 1.82) is 0 Å². The molecule has 0 saturated carbocycles. The van der Waals surface area contributed by atoms with Gasteiger partial charge in [-0.05, 0) is 35.6 Å². The molecule has 0 aliphatic carbocycles. The van der Waals surface area contributed by atoms with Crippen molar-refractivity contribution >= 4 is 27.2 Å². The molecule has 8 heteroatoms. The first-order valence-corrected chi connectivity index (χ1v) is 13.1. The maximum absolute atomic E-state index is 13.9. The minimum atomic E-state index is -4.18. The maximum atomic E-state index is 13.9. The maximum Gasteiger partial charge on any atom is 0.270 e. The zero-order chi connectivity index (χ0) is 25.9. The monoisotopic (exact) mass is 506 g/mol. The number of amides is 1. The fourth-order valence-electron chi connectivity index (χ4n) is 4.36. The average molecular weight is 507 g/mol. The van der Waals surface area contributed by atoms with Crippen molar-refractivity contribution in [3.05, 3.63) is 94.4 Å². The SMILES string of the molecule is COc1cc2c(cc1OC)N(Cc1ccccc1)S(=O)(=O)C(C(=O)NC[C@H](C)c1ccccc1)=C2C. The van der Waals surface area contributed by atoms with Crippen LogP contribution in [0.5, 0.6) is 11.5 Å². The molecular weight excluding hydrogens is 476 g/mol. The molecule has 3 aromatic rings. The molecule has 1 aliphatic rings. The van der Waals surface area contributed by atoms with Crippen LogP contribution in [0.1, 0.15) is 36.5 Å². The molecule has 3 aromatic carbocycles. The third kappa shape index (κ3) is 4.81. The molecule has 0 bridgehead atoms. The van der Waals surface area contributed by atoms with Crippen LogP contribution in [0.4, 0.5) is 5.69 Å². The number of hydrogen-bond donors (Lipinski definition) is 1. The van der Waals surface area contributed by atoms with Crippen molar-refractivity contribution in [2.45, 2.75) is 26.3 Å². The van der Waals surface area contributed by atoms with E-state index in [0.29, 0.717) is 34.9 Å². The molecule has 1 amide bonds. The summed E-state index contributed by atoms with van der Waals surface area (Å²) < 4.78 is 40.0. The van der Waals surface area contributed by atoms with Crippen LogP contribution < -0.4 is 19.1 Å². The van der Waals surface area contributed by atoms with E-state index in [9.17, 15) is 13.2 Å². The molecule has 1 N–H and O–H groups in total. The molecule has 1 aliphatic heterocycles. The molecule has 0 saturated heterocycles. The second-order valence-corrected chi connectivity index (χ2v) is 10.5. The van der Waals surface area contributed by atoms with Crippen molar-refractivity contribution in [2.24, 2.45) is 0 Å². The Hall–Kier alpha value is -3.78. The van der Waals surface area contributed by atoms with Gasteiger partial charge < -0.3 is 14.8 Å². The lowest BCUT2D eigenvalue weighted by atomic mass is 10.0. The molecule has 4 rings (SSSR count). The number of allylic oxidation sites excluding steroid dienone is 1. The van der Waals surface area contributed by atoms with Gasteiger partial charge in [-0.2, -0.15) is 0 Å². The largest absolute Gasteiger partial charge is 0.493 e. The number of benzene rings is 3. The number of ether oxygens (including phenoxy) is 2. The van der Waals surface area contributed by atoms with Gasteiger partial charge in [-0.3, -0.25) is 9.10 Å². The van der Waals surface area contributed by atoms with E-state index in [1.165, 1.54) is 18.5 Å². The van der Waals surface area contributed by atoms with Crippen LogP contribution in [0.15, 0.2) is 77.7 Å². The van der Waals surface area contributed by atoms with Gasteiger partial charge in [0, 0.05) is 18.2 Å². The Morgan fingerprint density at radius 3 is 2.14 bits per heavy atom. The summed E-state index contributed by atoms with van der Waals surface area (Å²) >= 11 is 0. The second-order valence-electron chi connectivity index (χ2n) is 8.70. The lowest BCUT2D eigenvalue weighted by Gasteiger charge is -2.33. The van der Waals surface area contributed by atoms with Crippen LogP contribution in [0.3, 0.4) is 0 Å². The molecule has 1 atom stereocenters. The topological polar surface area (TPSA) is 84.9 Å². The van der Waals surface area contributed by atoms with E-state index in [1.54, 1.807) is 19.1 Å². The summed E-state index contributed by atoms with van der Waals surface area (Å²) in [7, 11) is -1.16. The van der Waals surface area contributed by atoms with Crippen LogP contribution in [-0.2, 0) is 21.4 Å². The van der Waals surface area contributed by atoms with Gasteiger partial charge >= 0.3 is 0 Å². The van der Waals surface area contributed by atoms with Crippen LogP contribution in [0.25, 0.3) is 5.57 Å². The zero-order valence-corrected chi connectivity index (χ0v) is 21.6. The number of nitrogens with zero attached hydrogens (tertiary/aromatic N) is 1. The predicted octanol–water partition coefficient (Wildman–Crippen LogP) is 4.70. The van der Waals surface area contributed by atoms with Crippen molar-refractivity contribution in [2.75, 3.05) is 25.1 Å². The van der Waals surface area contributed by atoms with Gasteiger partial charge in [-0.15, -0.1) is 0 Å². The van der Waals surface area contributed by atoms with Gasteiger partial charge in [0.05, 0.1) is 26.5 Å². The molecule has 0 aromatic heterocycles. The molecule has 1 heterocycles. The zero-order valence-electron chi connectivity index (χ0n) is 20.8. The van der Waals surface area contributed by atoms with Gasteiger partial charge in [0.25, 0.3) is 15.9 Å². The minimum absolute atomic E-state index is 0.0133. The number of carbonyl (C=O) groups excluding carboxylic acids is 1. The normalized spacial score (nSPS) is 15.2. The van der Waals surface area contributed by atoms with Gasteiger partial charge in [0.15, 0.2) is 16.4 Å². The van der Waals surface area contributed by atoms with Crippen LogP contribution in [0, 0.1) is 0 Å². The third-order valence-corrected chi connectivity index (χ3v) is 8.29. The van der Waals surface area contributed by atoms with Gasteiger partial charge in [0.1, 0.15) is 0 Å². The van der Waals surface area contributed by atoms with Crippen LogP contribution in [0.2, 0.25) is 0 Å². The Kier molecular flexibility index (Phi) is 7.35. The number of hydrogen-bond acceptors (Lipinski definition) is 5. The van der Waals surface area contributed by atoms with E-state index in [2.05, 4.69) is 5.32 Å². The Labute approximate surface area is 212 Å². The quantitative estimate of drug-likeness (QED) is 0.479. The van der Waals surface area contributed by atoms with Gasteiger partial charge in [-0.25, -0.2) is 8.42 Å². The van der Waals surface area contributed by atoms with Crippen molar-refractivity contribution in [3.8, 4) is 11.5 Å². The smallest absolute Gasteiger partial charge is 0.270 e. The van der Waals surface area contributed by atoms with E-state index >= 15 is 0 Å². The van der Waals surface area contributed by atoms with E-state index in [1.807, 2.05) is 67.6 Å². The van der Waals surface area contributed by atoms with Crippen molar-refractivity contribution in [3.63, 3.8) is 0 Å². The van der Waals surface area contributed by atoms with Crippen LogP contribution >= 0.6 is 0 Å². The summed E-state index contributed by atoms with van der Waals surface area (Å²) in [6.45, 7) is 4.00. The molecule has 0 spiro atoms. The number of methoxy groups -OCH3 is 2. The fourth-order valence-corrected chi connectivity index (χ4v) is 6.12. The van der Waals surface area contributed by atoms with Gasteiger partial charge in [-0.1, -0.05) is 67.6 Å². The highest BCUT2D eigenvalue weighted by molar-refractivity contribution is 7.97. The first-order valence-electron chi connectivity index (χ1n) is 11.6. The van der Waals surface area contributed by atoms with E-state index < -0.39 is 15.9 Å². The Morgan fingerprint density at radius 1 is 0.944 bits per heavy atom. The summed E-state index contributed by atoms with van der Waals surface area (Å²) in [5.74, 6) is 0.238. The lowest BCUT2D eigenvalue weighted by molar-refractivity contribution is -0.116. The number of anilines is 1. The standard InChI is InChI=1S/C28H30N2O5S/c1-19(22-13-9-6-10-14-22)17-29-28(31)27-20(2)23-15-25(34-3)26(35-4)16-24(23)30(36(27,32)33)18-21-11-7-5-8-12-21/h5-16,19H,17-18H2,1-4H3,(H,29,31)/t19-/m0/s1. The molecule has 188 valence electrons. The number of sulfonamides is 1. The number of fused-ring (bicyclic) bond motifs is 1.